The number of rotatable bonds is 27. The number of likely N-dealkylation sites (N-methyl/N-ethyl adjacent to an activating group) is 4. The third-order valence-corrected chi connectivity index (χ3v) is 25.4. The van der Waals surface area contributed by atoms with E-state index in [1.165, 1.54) is 47.6 Å². The van der Waals surface area contributed by atoms with Gasteiger partial charge in [0.15, 0.2) is 5.96 Å². The molecular formula is C95H130N24O18S. The number of amides is 17. The highest BCUT2D eigenvalue weighted by Crippen LogP contribution is 2.27. The molecule has 0 spiro atoms. The molecule has 0 radical (unpaired) electrons. The van der Waals surface area contributed by atoms with Crippen LogP contribution in [0.15, 0.2) is 128 Å². The first-order valence-electron chi connectivity index (χ1n) is 46.3. The van der Waals surface area contributed by atoms with Crippen LogP contribution in [0, 0.1) is 11.3 Å². The van der Waals surface area contributed by atoms with Gasteiger partial charge in [0, 0.05) is 119 Å². The van der Waals surface area contributed by atoms with Gasteiger partial charge >= 0.3 is 0 Å². The zero-order chi connectivity index (χ0) is 101. The van der Waals surface area contributed by atoms with Crippen LogP contribution in [-0.2, 0) is 107 Å². The monoisotopic (exact) mass is 1930 g/mol. The minimum Gasteiger partial charge on any atom is -0.394 e. The molecule has 3 aromatic heterocycles. The number of guanidine groups is 1. The van der Waals surface area contributed by atoms with Crippen LogP contribution in [0.3, 0.4) is 0 Å². The van der Waals surface area contributed by atoms with Crippen LogP contribution in [-0.4, -0.2) is 307 Å². The molecule has 13 atom stereocenters. The van der Waals surface area contributed by atoms with E-state index in [1.54, 1.807) is 99.0 Å². The van der Waals surface area contributed by atoms with E-state index in [-0.39, 0.29) is 89.6 Å². The zero-order valence-corrected chi connectivity index (χ0v) is 80.0. The number of nitrogens with zero attached hydrogens (tertiary/aromatic N) is 6. The van der Waals surface area contributed by atoms with Gasteiger partial charge in [0.2, 0.25) is 100 Å². The van der Waals surface area contributed by atoms with E-state index in [0.717, 1.165) is 47.4 Å². The van der Waals surface area contributed by atoms with Crippen LogP contribution in [0.2, 0.25) is 0 Å². The Hall–Kier alpha value is -14.3. The van der Waals surface area contributed by atoms with Crippen molar-refractivity contribution in [2.75, 3.05) is 72.5 Å². The number of thioether (sulfide) groups is 1. The average molecular weight is 1930 g/mol. The van der Waals surface area contributed by atoms with Gasteiger partial charge in [0.25, 0.3) is 0 Å². The van der Waals surface area contributed by atoms with Crippen LogP contribution >= 0.6 is 11.8 Å². The van der Waals surface area contributed by atoms with E-state index >= 15 is 33.6 Å². The normalized spacial score (nSPS) is 23.0. The molecule has 0 aliphatic carbocycles. The number of carbonyl (C=O) groups is 17. The Labute approximate surface area is 803 Å². The van der Waals surface area contributed by atoms with Crippen molar-refractivity contribution in [2.45, 2.75) is 216 Å². The molecule has 42 nitrogen and oxygen atoms in total. The Morgan fingerprint density at radius 2 is 1.06 bits per heavy atom. The second-order valence-electron chi connectivity index (χ2n) is 35.2. The van der Waals surface area contributed by atoms with Crippen molar-refractivity contribution < 1.29 is 86.6 Å². The molecule has 2 fully saturated rings. The first-order valence-corrected chi connectivity index (χ1v) is 47.4. The number of para-hydroxylation sites is 2. The van der Waals surface area contributed by atoms with Crippen molar-refractivity contribution in [3.8, 4) is 11.1 Å². The minimum atomic E-state index is -1.85. The second kappa shape index (κ2) is 52.2. The number of benzene rings is 4. The van der Waals surface area contributed by atoms with Crippen LogP contribution < -0.4 is 75.7 Å². The SMILES string of the molecule is CCCC[C@H]1C(=O)N(C)[C@@H](CCCC)C(=O)N[C@@H](CCCNC(=N)N)C(=O)N[C@H](C(=O)NCC(N)=O)CSCC(=O)N[C@@H](Cc2ccc(-c3ccccc3)cc2)C(=O)N(C)[C@@H](C)C(=O)N[C@@H](CC(N)=O)C(=O)N2CCC[C@H]2C(=O)N[C@@H](Cc2cnc[nH]2)C(=O)N[C@@H](CC(C)C)C(=O)N(C)CC(=O)N[C@@H](Cc2c[nH]c3ccccc23)C(=O)N[C@@H](CO)C(=O)N[C@@H](Cc2c[nH]c3ccccc23)C(=O)N1C. The van der Waals surface area contributed by atoms with E-state index in [0.29, 0.717) is 69.9 Å². The molecule has 22 N–H and O–H groups in total. The number of primary amides is 2. The standard InChI is InChI=1S/C95H130N24O18S/c1-10-12-30-75-88(131)108-66(29-21-37-101-95(98)99)84(127)114-74(83(126)104-48-79(97)122)51-138-52-81(124)107-70(40-56-33-35-58(36-34-56)57-23-15-14-16-24-57)91(134)116(7)55(5)82(125)110-72(44-78(96)121)93(136)119-38-22-32-76(119)89(132)109-68(43-61-47-100-53-105-61)86(129)111-69(39-54(3)4)90(133)115(6)49-80(123)106-67(41-59-45-102-64-27-19-17-25-62(59)64)85(128)113-73(50-120)87(130)112-71(42-60-46-103-65-28-20-18-26-63(60)65)92(135)118(9)77(31-13-11-2)94(137)117(75)8/h14-20,23-28,33-36,45-47,53-55,66-77,102-103,120H,10-13,21-22,29-32,37-44,48-52H2,1-9H3,(H2,96,121)(H2,97,122)(H,100,105)(H,104,126)(H,106,123)(H,107,124)(H,108,131)(H,109,132)(H,110,125)(H,111,129)(H,112,130)(H,113,128)(H,114,127)(H4,98,99,101)/t55-,66-,67-,68-,69-,70-,71-,72-,73-,74-,75-,76-,77-/m0/s1. The van der Waals surface area contributed by atoms with Crippen molar-refractivity contribution in [3.05, 3.63) is 150 Å². The topological polar surface area (TPSA) is 621 Å². The first-order chi connectivity index (χ1) is 65.9. The fourth-order valence-corrected chi connectivity index (χ4v) is 17.5. The van der Waals surface area contributed by atoms with Gasteiger partial charge in [-0.25, -0.2) is 4.98 Å². The quantitative estimate of drug-likeness (QED) is 0.0176. The fraction of sp³-hybridized carbons (Fsp3) is 0.484. The summed E-state index contributed by atoms with van der Waals surface area (Å²) in [5.74, 6) is -17.2. The molecule has 0 unspecified atom stereocenters. The summed E-state index contributed by atoms with van der Waals surface area (Å²) in [5, 5.41) is 49.6. The van der Waals surface area contributed by atoms with Crippen molar-refractivity contribution >= 4 is 140 Å². The third kappa shape index (κ3) is 30.6. The lowest BCUT2D eigenvalue weighted by molar-refractivity contribution is -0.149. The van der Waals surface area contributed by atoms with Gasteiger partial charge in [-0.2, -0.15) is 0 Å². The number of hydrogen-bond acceptors (Lipinski definition) is 21. The number of aliphatic hydroxyl groups is 1. The number of nitrogens with two attached hydrogens (primary N) is 3. The predicted molar refractivity (Wildman–Crippen MR) is 515 cm³/mol. The highest BCUT2D eigenvalue weighted by atomic mass is 32.2. The van der Waals surface area contributed by atoms with Gasteiger partial charge in [0.05, 0.1) is 38.2 Å². The van der Waals surface area contributed by atoms with E-state index in [4.69, 9.17) is 22.6 Å². The number of nitrogens with one attached hydrogen (secondary N) is 15. The van der Waals surface area contributed by atoms with Crippen LogP contribution in [0.4, 0.5) is 0 Å². The van der Waals surface area contributed by atoms with Crippen molar-refractivity contribution in [2.24, 2.45) is 23.1 Å². The maximum atomic E-state index is 15.7. The van der Waals surface area contributed by atoms with Gasteiger partial charge in [-0.1, -0.05) is 144 Å². The second-order valence-corrected chi connectivity index (χ2v) is 36.3. The summed E-state index contributed by atoms with van der Waals surface area (Å²) in [4.78, 5) is 269. The molecule has 744 valence electrons. The smallest absolute Gasteiger partial charge is 0.246 e. The molecule has 5 heterocycles. The van der Waals surface area contributed by atoms with Gasteiger partial charge in [-0.3, -0.25) is 86.9 Å². The summed E-state index contributed by atoms with van der Waals surface area (Å²) in [7, 11) is 5.26. The summed E-state index contributed by atoms with van der Waals surface area (Å²) in [6.07, 6.45) is 5.91. The highest BCUT2D eigenvalue weighted by molar-refractivity contribution is 8.00. The van der Waals surface area contributed by atoms with Gasteiger partial charge < -0.3 is 120 Å². The van der Waals surface area contributed by atoms with Crippen molar-refractivity contribution in [1.29, 1.82) is 5.41 Å². The zero-order valence-electron chi connectivity index (χ0n) is 79.2. The number of carbonyl (C=O) groups excluding carboxylic acids is 17. The molecule has 138 heavy (non-hydrogen) atoms. The number of imidazole rings is 1. The number of aromatic nitrogens is 4. The van der Waals surface area contributed by atoms with Gasteiger partial charge in [-0.05, 0) is 97.7 Å². The van der Waals surface area contributed by atoms with Gasteiger partial charge in [-0.15, -0.1) is 11.8 Å². The summed E-state index contributed by atoms with van der Waals surface area (Å²) >= 11 is 0.795. The van der Waals surface area contributed by atoms with Crippen LogP contribution in [0.1, 0.15) is 134 Å². The lowest BCUT2D eigenvalue weighted by Crippen LogP contribution is -2.61. The maximum Gasteiger partial charge on any atom is 0.246 e. The number of aromatic amines is 3. The van der Waals surface area contributed by atoms with E-state index in [1.807, 2.05) is 44.2 Å². The van der Waals surface area contributed by atoms with Crippen molar-refractivity contribution in [3.63, 3.8) is 0 Å². The molecule has 2 saturated heterocycles. The number of aliphatic hydroxyl groups excluding tert-OH is 1. The molecule has 0 saturated carbocycles. The maximum absolute atomic E-state index is 15.7. The predicted octanol–water partition coefficient (Wildman–Crippen LogP) is -0.471. The Kier molecular flexibility index (Phi) is 40.6. The number of unbranched alkanes of at least 4 members (excludes halogenated alkanes) is 2. The molecule has 2 aliphatic rings. The molecule has 43 heteroatoms. The molecule has 0 bridgehead atoms. The van der Waals surface area contributed by atoms with Gasteiger partial charge in [0.1, 0.15) is 78.5 Å². The Bertz CT molecular complexity index is 5440. The Balaban J connectivity index is 1.09. The largest absolute Gasteiger partial charge is 0.394 e. The summed E-state index contributed by atoms with van der Waals surface area (Å²) < 4.78 is 0. The van der Waals surface area contributed by atoms with Crippen LogP contribution in [0.5, 0.6) is 0 Å². The molecular weight excluding hydrogens is 1800 g/mol. The lowest BCUT2D eigenvalue weighted by Gasteiger charge is -2.36. The lowest BCUT2D eigenvalue weighted by atomic mass is 10.00. The Morgan fingerprint density at radius 3 is 1.66 bits per heavy atom. The number of H-pyrrole nitrogens is 3. The van der Waals surface area contributed by atoms with Crippen molar-refractivity contribution in [1.82, 2.24) is 103 Å². The molecule has 17 amide bonds. The molecule has 4 aromatic carbocycles. The summed E-state index contributed by atoms with van der Waals surface area (Å²) in [5.41, 5.74) is 21.8. The van der Waals surface area contributed by atoms with E-state index < -0.39 is 223 Å². The fourth-order valence-electron chi connectivity index (χ4n) is 16.6. The minimum absolute atomic E-state index is 0.00308. The van der Waals surface area contributed by atoms with E-state index in [9.17, 15) is 53.1 Å². The molecule has 7 aromatic rings. The first kappa shape index (κ1) is 107. The molecule has 2 aliphatic heterocycles. The summed E-state index contributed by atoms with van der Waals surface area (Å²) in [6.45, 7) is 5.91. The number of hydrogen-bond donors (Lipinski definition) is 19. The van der Waals surface area contributed by atoms with Crippen LogP contribution in [0.25, 0.3) is 32.9 Å². The molecule has 9 rings (SSSR count). The average Bonchev–Trinajstić information content (AvgIpc) is 1.52. The third-order valence-electron chi connectivity index (χ3n) is 24.4. The highest BCUT2D eigenvalue weighted by Gasteiger charge is 2.44. The van der Waals surface area contributed by atoms with E-state index in [2.05, 4.69) is 78.4 Å². The number of fused-ring (bicyclic) bond motifs is 3. The Morgan fingerprint density at radius 1 is 0.522 bits per heavy atom. The summed E-state index contributed by atoms with van der Waals surface area (Å²) in [6, 6.07) is 10.8.